The highest BCUT2D eigenvalue weighted by Crippen LogP contribution is 2.15. The second-order valence-corrected chi connectivity index (χ2v) is 7.88. The van der Waals surface area contributed by atoms with Crippen LogP contribution in [0.3, 0.4) is 0 Å². The molecule has 0 saturated heterocycles. The molecule has 0 aliphatic heterocycles. The van der Waals surface area contributed by atoms with Gasteiger partial charge in [0.25, 0.3) is 5.56 Å². The Kier molecular flexibility index (Phi) is 5.26. The Bertz CT molecular complexity index is 1210. The van der Waals surface area contributed by atoms with Gasteiger partial charge in [0.1, 0.15) is 11.2 Å². The van der Waals surface area contributed by atoms with Crippen molar-refractivity contribution < 1.29 is 4.79 Å². The molecule has 0 aliphatic rings. The third-order valence-corrected chi connectivity index (χ3v) is 5.64. The molecule has 1 N–H and O–H groups in total. The third-order valence-electron chi connectivity index (χ3n) is 4.76. The molecule has 1 aromatic carbocycles. The van der Waals surface area contributed by atoms with Gasteiger partial charge < -0.3 is 5.32 Å². The summed E-state index contributed by atoms with van der Waals surface area (Å²) >= 11 is 1.60. The largest absolute Gasteiger partial charge is 0.351 e. The van der Waals surface area contributed by atoms with Crippen molar-refractivity contribution in [3.63, 3.8) is 0 Å². The predicted molar refractivity (Wildman–Crippen MR) is 113 cm³/mol. The number of amides is 1. The van der Waals surface area contributed by atoms with Gasteiger partial charge in [-0.05, 0) is 37.4 Å². The summed E-state index contributed by atoms with van der Waals surface area (Å²) < 4.78 is 3.20. The van der Waals surface area contributed by atoms with E-state index in [2.05, 4.69) is 15.4 Å². The smallest absolute Gasteiger partial charge is 0.264 e. The minimum Gasteiger partial charge on any atom is -0.351 e. The Labute approximate surface area is 171 Å². The molecule has 0 unspecified atom stereocenters. The SMILES string of the molecule is Cc1ccc(-n2ncc3c(=O)n(CCC(=O)NCc4cccs4)c(C)nc32)cc1. The van der Waals surface area contributed by atoms with E-state index in [0.29, 0.717) is 23.4 Å². The number of nitrogens with zero attached hydrogens (tertiary/aromatic N) is 4. The lowest BCUT2D eigenvalue weighted by Crippen LogP contribution is -2.28. The standard InChI is InChI=1S/C21H21N5O2S/c1-14-5-7-16(8-6-14)26-20-18(13-23-26)21(28)25(15(2)24-20)10-9-19(27)22-12-17-4-3-11-29-17/h3-8,11,13H,9-10,12H2,1-2H3,(H,22,27). The highest BCUT2D eigenvalue weighted by molar-refractivity contribution is 7.09. The van der Waals surface area contributed by atoms with Gasteiger partial charge in [0, 0.05) is 17.8 Å². The number of hydrogen-bond donors (Lipinski definition) is 1. The molecule has 1 amide bonds. The second kappa shape index (κ2) is 8.00. The van der Waals surface area contributed by atoms with E-state index in [9.17, 15) is 9.59 Å². The average Bonchev–Trinajstić information content (AvgIpc) is 3.37. The molecule has 0 radical (unpaired) electrons. The van der Waals surface area contributed by atoms with Crippen molar-refractivity contribution >= 4 is 28.3 Å². The molecule has 148 valence electrons. The Morgan fingerprint density at radius 2 is 1.97 bits per heavy atom. The Hall–Kier alpha value is -3.26. The van der Waals surface area contributed by atoms with Crippen LogP contribution in [0, 0.1) is 13.8 Å². The minimum atomic E-state index is -0.183. The number of aryl methyl sites for hydroxylation is 2. The molecule has 0 aliphatic carbocycles. The Balaban J connectivity index is 1.54. The normalized spacial score (nSPS) is 11.1. The molecule has 0 bridgehead atoms. The van der Waals surface area contributed by atoms with Crippen molar-refractivity contribution in [1.29, 1.82) is 0 Å². The quantitative estimate of drug-likeness (QED) is 0.533. The number of nitrogens with one attached hydrogen (secondary N) is 1. The zero-order chi connectivity index (χ0) is 20.4. The first kappa shape index (κ1) is 19.1. The Morgan fingerprint density at radius 1 is 1.17 bits per heavy atom. The van der Waals surface area contributed by atoms with Crippen molar-refractivity contribution in [2.75, 3.05) is 0 Å². The first-order chi connectivity index (χ1) is 14.0. The maximum atomic E-state index is 12.9. The molecule has 7 nitrogen and oxygen atoms in total. The van der Waals surface area contributed by atoms with E-state index in [1.165, 1.54) is 10.8 Å². The number of rotatable bonds is 6. The van der Waals surface area contributed by atoms with Gasteiger partial charge in [-0.25, -0.2) is 9.67 Å². The fraction of sp³-hybridized carbons (Fsp3) is 0.238. The summed E-state index contributed by atoms with van der Waals surface area (Å²) in [6, 6.07) is 11.8. The molecule has 29 heavy (non-hydrogen) atoms. The first-order valence-corrected chi connectivity index (χ1v) is 10.2. The zero-order valence-corrected chi connectivity index (χ0v) is 17.1. The van der Waals surface area contributed by atoms with E-state index in [0.717, 1.165) is 16.1 Å². The molecule has 4 aromatic rings. The highest BCUT2D eigenvalue weighted by Gasteiger charge is 2.15. The third kappa shape index (κ3) is 3.97. The van der Waals surface area contributed by atoms with Crippen LogP contribution in [0.25, 0.3) is 16.7 Å². The zero-order valence-electron chi connectivity index (χ0n) is 16.3. The topological polar surface area (TPSA) is 81.8 Å². The van der Waals surface area contributed by atoms with Gasteiger partial charge in [-0.15, -0.1) is 11.3 Å². The monoisotopic (exact) mass is 407 g/mol. The van der Waals surface area contributed by atoms with Gasteiger partial charge >= 0.3 is 0 Å². The molecule has 0 atom stereocenters. The summed E-state index contributed by atoms with van der Waals surface area (Å²) in [6.45, 7) is 4.57. The van der Waals surface area contributed by atoms with Gasteiger partial charge in [-0.1, -0.05) is 23.8 Å². The highest BCUT2D eigenvalue weighted by atomic mass is 32.1. The molecular formula is C21H21N5O2S. The summed E-state index contributed by atoms with van der Waals surface area (Å²) in [5.74, 6) is 0.461. The van der Waals surface area contributed by atoms with Crippen molar-refractivity contribution in [1.82, 2.24) is 24.6 Å². The van der Waals surface area contributed by atoms with E-state index < -0.39 is 0 Å². The van der Waals surface area contributed by atoms with Gasteiger partial charge in [-0.3, -0.25) is 14.2 Å². The van der Waals surface area contributed by atoms with Crippen molar-refractivity contribution in [2.45, 2.75) is 33.4 Å². The summed E-state index contributed by atoms with van der Waals surface area (Å²) in [7, 11) is 0. The summed E-state index contributed by atoms with van der Waals surface area (Å²) in [6.07, 6.45) is 1.75. The van der Waals surface area contributed by atoms with Gasteiger partial charge in [-0.2, -0.15) is 5.10 Å². The maximum Gasteiger partial charge on any atom is 0.264 e. The lowest BCUT2D eigenvalue weighted by atomic mass is 10.2. The molecule has 4 rings (SSSR count). The van der Waals surface area contributed by atoms with Crippen LogP contribution in [0.5, 0.6) is 0 Å². The first-order valence-electron chi connectivity index (χ1n) is 9.34. The summed E-state index contributed by atoms with van der Waals surface area (Å²) in [5, 5.41) is 9.65. The van der Waals surface area contributed by atoms with Gasteiger partial charge in [0.05, 0.1) is 18.4 Å². The molecule has 0 fully saturated rings. The molecule has 8 heteroatoms. The predicted octanol–water partition coefficient (Wildman–Crippen LogP) is 2.97. The number of thiophene rings is 1. The van der Waals surface area contributed by atoms with Crippen LogP contribution < -0.4 is 10.9 Å². The number of aromatic nitrogens is 4. The van der Waals surface area contributed by atoms with E-state index >= 15 is 0 Å². The fourth-order valence-electron chi connectivity index (χ4n) is 3.15. The lowest BCUT2D eigenvalue weighted by Gasteiger charge is -2.10. The van der Waals surface area contributed by atoms with Crippen molar-refractivity contribution in [3.05, 3.63) is 74.6 Å². The summed E-state index contributed by atoms with van der Waals surface area (Å²) in [4.78, 5) is 30.8. The number of benzene rings is 1. The molecule has 0 saturated carbocycles. The molecule has 3 heterocycles. The number of carbonyl (C=O) groups is 1. The lowest BCUT2D eigenvalue weighted by molar-refractivity contribution is -0.121. The summed E-state index contributed by atoms with van der Waals surface area (Å²) in [5.41, 5.74) is 2.34. The van der Waals surface area contributed by atoms with E-state index in [1.807, 2.05) is 48.7 Å². The van der Waals surface area contributed by atoms with Crippen LogP contribution in [0.1, 0.15) is 22.7 Å². The van der Waals surface area contributed by atoms with E-state index in [-0.39, 0.29) is 24.4 Å². The van der Waals surface area contributed by atoms with Gasteiger partial charge in [0.2, 0.25) is 5.91 Å². The molecule has 0 spiro atoms. The fourth-order valence-corrected chi connectivity index (χ4v) is 3.79. The minimum absolute atomic E-state index is 0.0971. The van der Waals surface area contributed by atoms with Gasteiger partial charge in [0.15, 0.2) is 5.65 Å². The number of fused-ring (bicyclic) bond motifs is 1. The second-order valence-electron chi connectivity index (χ2n) is 6.85. The Morgan fingerprint density at radius 3 is 2.69 bits per heavy atom. The van der Waals surface area contributed by atoms with Crippen LogP contribution in [0.2, 0.25) is 0 Å². The van der Waals surface area contributed by atoms with Crippen LogP contribution in [-0.4, -0.2) is 25.2 Å². The number of hydrogen-bond acceptors (Lipinski definition) is 5. The molecular weight excluding hydrogens is 386 g/mol. The van der Waals surface area contributed by atoms with Crippen molar-refractivity contribution in [3.8, 4) is 5.69 Å². The van der Waals surface area contributed by atoms with Crippen LogP contribution in [0.15, 0.2) is 52.8 Å². The van der Waals surface area contributed by atoms with Crippen LogP contribution >= 0.6 is 11.3 Å². The van der Waals surface area contributed by atoms with Crippen LogP contribution in [0.4, 0.5) is 0 Å². The van der Waals surface area contributed by atoms with Crippen LogP contribution in [-0.2, 0) is 17.9 Å². The van der Waals surface area contributed by atoms with E-state index in [4.69, 9.17) is 0 Å². The van der Waals surface area contributed by atoms with Crippen molar-refractivity contribution in [2.24, 2.45) is 0 Å². The molecule has 3 aromatic heterocycles. The number of carbonyl (C=O) groups excluding carboxylic acids is 1. The maximum absolute atomic E-state index is 12.9. The average molecular weight is 407 g/mol. The van der Waals surface area contributed by atoms with E-state index in [1.54, 1.807) is 22.9 Å².